The number of hydrogen-bond acceptors (Lipinski definition) is 4. The van der Waals surface area contributed by atoms with Gasteiger partial charge in [0, 0.05) is 25.2 Å². The van der Waals surface area contributed by atoms with Crippen LogP contribution in [0, 0.1) is 0 Å². The summed E-state index contributed by atoms with van der Waals surface area (Å²) in [7, 11) is 0. The first-order valence-electron chi connectivity index (χ1n) is 7.70. The largest absolute Gasteiger partial charge is 0.444 e. The first-order chi connectivity index (χ1) is 9.35. The third-order valence-electron chi connectivity index (χ3n) is 3.56. The lowest BCUT2D eigenvalue weighted by atomic mass is 10.1. The highest BCUT2D eigenvalue weighted by Crippen LogP contribution is 2.16. The van der Waals surface area contributed by atoms with Crippen molar-refractivity contribution in [3.63, 3.8) is 0 Å². The van der Waals surface area contributed by atoms with Gasteiger partial charge in [-0.25, -0.2) is 4.79 Å². The summed E-state index contributed by atoms with van der Waals surface area (Å²) in [6.07, 6.45) is 3.62. The monoisotopic (exact) mass is 286 g/mol. The fourth-order valence-corrected chi connectivity index (χ4v) is 2.41. The van der Waals surface area contributed by atoms with Gasteiger partial charge in [-0.2, -0.15) is 0 Å². The Morgan fingerprint density at radius 3 is 2.65 bits per heavy atom. The molecule has 5 heteroatoms. The first kappa shape index (κ1) is 17.2. The number of aliphatic hydroxyl groups excluding tert-OH is 1. The lowest BCUT2D eigenvalue weighted by Crippen LogP contribution is -2.41. The zero-order valence-corrected chi connectivity index (χ0v) is 13.3. The number of nitrogens with one attached hydrogen (secondary N) is 1. The number of carbonyl (C=O) groups excluding carboxylic acids is 1. The van der Waals surface area contributed by atoms with Crippen molar-refractivity contribution in [1.82, 2.24) is 10.2 Å². The van der Waals surface area contributed by atoms with E-state index in [4.69, 9.17) is 4.74 Å². The second-order valence-corrected chi connectivity index (χ2v) is 6.55. The minimum Gasteiger partial charge on any atom is -0.444 e. The van der Waals surface area contributed by atoms with Crippen molar-refractivity contribution in [2.24, 2.45) is 0 Å². The minimum absolute atomic E-state index is 0.160. The molecule has 1 saturated heterocycles. The van der Waals surface area contributed by atoms with E-state index >= 15 is 0 Å². The van der Waals surface area contributed by atoms with Crippen LogP contribution >= 0.6 is 0 Å². The Balaban J connectivity index is 2.44. The molecule has 0 radical (unpaired) electrons. The summed E-state index contributed by atoms with van der Waals surface area (Å²) in [5.74, 6) is 0. The van der Waals surface area contributed by atoms with Crippen LogP contribution in [0.3, 0.4) is 0 Å². The van der Waals surface area contributed by atoms with Crippen molar-refractivity contribution in [3.05, 3.63) is 0 Å². The van der Waals surface area contributed by atoms with Gasteiger partial charge in [-0.1, -0.05) is 6.92 Å². The Bertz CT molecular complexity index is 298. The number of nitrogens with zero attached hydrogens (tertiary/aromatic N) is 1. The summed E-state index contributed by atoms with van der Waals surface area (Å²) >= 11 is 0. The third-order valence-corrected chi connectivity index (χ3v) is 3.56. The van der Waals surface area contributed by atoms with Gasteiger partial charge in [-0.15, -0.1) is 0 Å². The Kier molecular flexibility index (Phi) is 6.76. The molecule has 0 aliphatic carbocycles. The summed E-state index contributed by atoms with van der Waals surface area (Å²) in [5.41, 5.74) is -0.439. The van der Waals surface area contributed by atoms with E-state index in [0.717, 1.165) is 32.2 Å². The zero-order chi connectivity index (χ0) is 15.2. The number of hydrogen-bond donors (Lipinski definition) is 2. The molecule has 118 valence electrons. The van der Waals surface area contributed by atoms with E-state index in [1.54, 1.807) is 4.90 Å². The highest BCUT2D eigenvalue weighted by molar-refractivity contribution is 5.68. The molecule has 2 unspecified atom stereocenters. The fraction of sp³-hybridized carbons (Fsp3) is 0.933. The van der Waals surface area contributed by atoms with Gasteiger partial charge < -0.3 is 20.1 Å². The molecule has 1 aliphatic rings. The smallest absolute Gasteiger partial charge is 0.410 e. The minimum atomic E-state index is -0.439. The highest BCUT2D eigenvalue weighted by Gasteiger charge is 2.25. The van der Waals surface area contributed by atoms with E-state index in [2.05, 4.69) is 12.2 Å². The molecule has 20 heavy (non-hydrogen) atoms. The van der Waals surface area contributed by atoms with Crippen LogP contribution in [0.2, 0.25) is 0 Å². The predicted molar refractivity (Wildman–Crippen MR) is 79.7 cm³/mol. The number of rotatable bonds is 4. The zero-order valence-electron chi connectivity index (χ0n) is 13.3. The molecule has 0 aromatic heterocycles. The molecule has 2 N–H and O–H groups in total. The van der Waals surface area contributed by atoms with Crippen LogP contribution in [-0.2, 0) is 4.74 Å². The van der Waals surface area contributed by atoms with Crippen LogP contribution < -0.4 is 5.32 Å². The quantitative estimate of drug-likeness (QED) is 0.831. The van der Waals surface area contributed by atoms with Crippen molar-refractivity contribution in [2.45, 2.75) is 71.1 Å². The molecular formula is C15H30N2O3. The van der Waals surface area contributed by atoms with Crippen LogP contribution in [0.25, 0.3) is 0 Å². The van der Waals surface area contributed by atoms with E-state index in [9.17, 15) is 9.90 Å². The Morgan fingerprint density at radius 2 is 2.10 bits per heavy atom. The molecule has 0 aromatic carbocycles. The lowest BCUT2D eigenvalue weighted by Gasteiger charge is -2.26. The van der Waals surface area contributed by atoms with E-state index < -0.39 is 5.60 Å². The van der Waals surface area contributed by atoms with Gasteiger partial charge in [0.05, 0.1) is 6.61 Å². The molecule has 0 spiro atoms. The molecular weight excluding hydrogens is 256 g/mol. The van der Waals surface area contributed by atoms with E-state index in [-0.39, 0.29) is 18.7 Å². The van der Waals surface area contributed by atoms with Crippen LogP contribution in [0.1, 0.15) is 53.4 Å². The molecule has 1 amide bonds. The van der Waals surface area contributed by atoms with Crippen molar-refractivity contribution >= 4 is 6.09 Å². The number of aliphatic hydroxyl groups is 1. The third kappa shape index (κ3) is 6.09. The molecule has 1 rings (SSSR count). The first-order valence-corrected chi connectivity index (χ1v) is 7.70. The number of carbonyl (C=O) groups is 1. The lowest BCUT2D eigenvalue weighted by molar-refractivity contribution is 0.0255. The predicted octanol–water partition coefficient (Wildman–Crippen LogP) is 2.14. The maximum absolute atomic E-state index is 12.1. The molecule has 0 aromatic rings. The average Bonchev–Trinajstić information content (AvgIpc) is 2.59. The Labute approximate surface area is 122 Å². The Hall–Kier alpha value is -0.810. The SMILES string of the molecule is CCC(CO)NC1CCCN(C(=O)OC(C)(C)C)CC1. The van der Waals surface area contributed by atoms with Crippen molar-refractivity contribution in [3.8, 4) is 0 Å². The molecule has 5 nitrogen and oxygen atoms in total. The standard InChI is InChI=1S/C15H30N2O3/c1-5-12(11-18)16-13-7-6-9-17(10-8-13)14(19)20-15(2,3)4/h12-13,16,18H,5-11H2,1-4H3. The summed E-state index contributed by atoms with van der Waals surface area (Å²) in [6.45, 7) is 9.37. The van der Waals surface area contributed by atoms with Gasteiger partial charge in [-0.3, -0.25) is 0 Å². The molecule has 2 atom stereocenters. The van der Waals surface area contributed by atoms with Crippen molar-refractivity contribution in [2.75, 3.05) is 19.7 Å². The normalized spacial score (nSPS) is 22.2. The van der Waals surface area contributed by atoms with E-state index in [1.165, 1.54) is 0 Å². The van der Waals surface area contributed by atoms with Gasteiger partial charge >= 0.3 is 6.09 Å². The number of ether oxygens (including phenoxy) is 1. The van der Waals surface area contributed by atoms with Crippen molar-refractivity contribution in [1.29, 1.82) is 0 Å². The van der Waals surface area contributed by atoms with Gasteiger partial charge in [0.15, 0.2) is 0 Å². The van der Waals surface area contributed by atoms with E-state index in [0.29, 0.717) is 12.6 Å². The second kappa shape index (κ2) is 7.84. The molecule has 1 fully saturated rings. The van der Waals surface area contributed by atoms with Gasteiger partial charge in [0.2, 0.25) is 0 Å². The molecule has 1 aliphatic heterocycles. The molecule has 1 heterocycles. The van der Waals surface area contributed by atoms with Crippen LogP contribution in [0.4, 0.5) is 4.79 Å². The topological polar surface area (TPSA) is 61.8 Å². The van der Waals surface area contributed by atoms with Gasteiger partial charge in [-0.05, 0) is 46.5 Å². The maximum Gasteiger partial charge on any atom is 0.410 e. The second-order valence-electron chi connectivity index (χ2n) is 6.55. The summed E-state index contributed by atoms with van der Waals surface area (Å²) in [4.78, 5) is 13.8. The molecule has 0 saturated carbocycles. The van der Waals surface area contributed by atoms with Crippen LogP contribution in [0.15, 0.2) is 0 Å². The highest BCUT2D eigenvalue weighted by atomic mass is 16.6. The molecule has 0 bridgehead atoms. The van der Waals surface area contributed by atoms with E-state index in [1.807, 2.05) is 20.8 Å². The number of amides is 1. The van der Waals surface area contributed by atoms with Gasteiger partial charge in [0.1, 0.15) is 5.60 Å². The van der Waals surface area contributed by atoms with Gasteiger partial charge in [0.25, 0.3) is 0 Å². The van der Waals surface area contributed by atoms with Crippen LogP contribution in [-0.4, -0.2) is 53.5 Å². The Morgan fingerprint density at radius 1 is 1.40 bits per heavy atom. The number of likely N-dealkylation sites (tertiary alicyclic amines) is 1. The average molecular weight is 286 g/mol. The summed E-state index contributed by atoms with van der Waals surface area (Å²) in [5, 5.41) is 12.7. The maximum atomic E-state index is 12.1. The van der Waals surface area contributed by atoms with Crippen LogP contribution in [0.5, 0.6) is 0 Å². The fourth-order valence-electron chi connectivity index (χ4n) is 2.41. The van der Waals surface area contributed by atoms with Crippen molar-refractivity contribution < 1.29 is 14.6 Å². The summed E-state index contributed by atoms with van der Waals surface area (Å²) < 4.78 is 5.42. The summed E-state index contributed by atoms with van der Waals surface area (Å²) in [6, 6.07) is 0.535.